The van der Waals surface area contributed by atoms with Crippen LogP contribution < -0.4 is 0 Å². The molecule has 2 aliphatic carbocycles. The number of esters is 1. The van der Waals surface area contributed by atoms with E-state index in [0.717, 1.165) is 48.1 Å². The zero-order valence-corrected chi connectivity index (χ0v) is 17.6. The third-order valence-corrected chi connectivity index (χ3v) is 6.92. The Kier molecular flexibility index (Phi) is 6.39. The van der Waals surface area contributed by atoms with E-state index >= 15 is 0 Å². The monoisotopic (exact) mass is 420 g/mol. The van der Waals surface area contributed by atoms with Crippen LogP contribution in [0.1, 0.15) is 52.1 Å². The summed E-state index contributed by atoms with van der Waals surface area (Å²) in [7, 11) is 0. The van der Waals surface area contributed by atoms with Crippen molar-refractivity contribution in [1.29, 1.82) is 5.26 Å². The second kappa shape index (κ2) is 9.36. The molecule has 2 aliphatic rings. The molecule has 0 aliphatic heterocycles. The number of ketones is 1. The first-order valence-electron chi connectivity index (χ1n) is 10.4. The number of aromatic nitrogens is 1. The number of ether oxygens (including phenoxy) is 1. The Morgan fingerprint density at radius 1 is 1.30 bits per heavy atom. The third kappa shape index (κ3) is 5.22. The number of carbonyl (C=O) groups excluding carboxylic acids is 2. The maximum atomic E-state index is 12.4. The van der Waals surface area contributed by atoms with E-state index in [1.807, 2.05) is 12.1 Å². The minimum atomic E-state index is -0.0844. The van der Waals surface area contributed by atoms with Crippen molar-refractivity contribution in [3.8, 4) is 6.07 Å². The maximum absolute atomic E-state index is 12.4. The molecule has 30 heavy (non-hydrogen) atoms. The molecule has 1 fully saturated rings. The van der Waals surface area contributed by atoms with E-state index in [1.54, 1.807) is 35.9 Å². The Labute approximate surface area is 180 Å². The highest BCUT2D eigenvalue weighted by Crippen LogP contribution is 2.37. The predicted molar refractivity (Wildman–Crippen MR) is 115 cm³/mol. The Morgan fingerprint density at radius 3 is 2.90 bits per heavy atom. The molecule has 1 unspecified atom stereocenters. The Morgan fingerprint density at radius 2 is 2.17 bits per heavy atom. The van der Waals surface area contributed by atoms with E-state index in [0.29, 0.717) is 30.4 Å². The van der Waals surface area contributed by atoms with Crippen molar-refractivity contribution in [2.45, 2.75) is 44.9 Å². The van der Waals surface area contributed by atoms with Crippen LogP contribution in [0.5, 0.6) is 0 Å². The number of allylic oxidation sites excluding steroid dienone is 1. The fourth-order valence-corrected chi connectivity index (χ4v) is 5.25. The van der Waals surface area contributed by atoms with Gasteiger partial charge in [-0.2, -0.15) is 5.26 Å². The molecule has 2 aromatic heterocycles. The van der Waals surface area contributed by atoms with Crippen LogP contribution in [-0.2, 0) is 33.6 Å². The molecule has 0 radical (unpaired) electrons. The summed E-state index contributed by atoms with van der Waals surface area (Å²) in [4.78, 5) is 30.3. The van der Waals surface area contributed by atoms with Gasteiger partial charge in [0.1, 0.15) is 6.07 Å². The lowest BCUT2D eigenvalue weighted by molar-refractivity contribution is -0.145. The lowest BCUT2D eigenvalue weighted by Crippen LogP contribution is -2.20. The number of fused-ring (bicyclic) bond motifs is 1. The zero-order valence-electron chi connectivity index (χ0n) is 16.8. The smallest absolute Gasteiger partial charge is 0.306 e. The molecule has 0 bridgehead atoms. The fraction of sp³-hybridized carbons (Fsp3) is 0.417. The second-order valence-electron chi connectivity index (χ2n) is 8.12. The third-order valence-electron chi connectivity index (χ3n) is 5.67. The standard InChI is InChI=1S/C24H24N2O3S/c25-13-21-20-8-6-18(15-29-24(28)11-16-3-4-16)10-22(20)30-23(21)12-19(27)7-5-17-2-1-9-26-14-17/h1-2,5,7,9,14,16,18H,3-4,6,8,10-12,15H2/b7-5+. The quantitative estimate of drug-likeness (QED) is 0.470. The van der Waals surface area contributed by atoms with E-state index in [2.05, 4.69) is 11.1 Å². The molecule has 4 rings (SSSR count). The van der Waals surface area contributed by atoms with Gasteiger partial charge in [-0.25, -0.2) is 0 Å². The number of thiophene rings is 1. The van der Waals surface area contributed by atoms with Crippen molar-refractivity contribution < 1.29 is 14.3 Å². The van der Waals surface area contributed by atoms with Crippen LogP contribution in [0.25, 0.3) is 6.08 Å². The lowest BCUT2D eigenvalue weighted by Gasteiger charge is -2.22. The minimum absolute atomic E-state index is 0.0282. The van der Waals surface area contributed by atoms with Crippen molar-refractivity contribution in [3.05, 3.63) is 57.0 Å². The molecule has 1 saturated carbocycles. The summed E-state index contributed by atoms with van der Waals surface area (Å²) in [6, 6.07) is 6.03. The van der Waals surface area contributed by atoms with Gasteiger partial charge < -0.3 is 4.74 Å². The molecular formula is C24H24N2O3S. The average molecular weight is 421 g/mol. The van der Waals surface area contributed by atoms with Crippen LogP contribution in [0, 0.1) is 23.2 Å². The second-order valence-corrected chi connectivity index (χ2v) is 9.31. The van der Waals surface area contributed by atoms with E-state index in [9.17, 15) is 14.9 Å². The lowest BCUT2D eigenvalue weighted by atomic mass is 9.87. The molecule has 6 heteroatoms. The van der Waals surface area contributed by atoms with Crippen molar-refractivity contribution in [1.82, 2.24) is 4.98 Å². The molecule has 1 atom stereocenters. The van der Waals surface area contributed by atoms with Crippen LogP contribution >= 0.6 is 11.3 Å². The van der Waals surface area contributed by atoms with E-state index < -0.39 is 0 Å². The minimum Gasteiger partial charge on any atom is -0.465 e. The summed E-state index contributed by atoms with van der Waals surface area (Å²) < 4.78 is 5.48. The van der Waals surface area contributed by atoms with Gasteiger partial charge >= 0.3 is 5.97 Å². The van der Waals surface area contributed by atoms with Crippen molar-refractivity contribution in [2.24, 2.45) is 11.8 Å². The van der Waals surface area contributed by atoms with Crippen LogP contribution in [0.4, 0.5) is 0 Å². The van der Waals surface area contributed by atoms with Crippen molar-refractivity contribution >= 4 is 29.2 Å². The van der Waals surface area contributed by atoms with Crippen LogP contribution in [0.2, 0.25) is 0 Å². The SMILES string of the molecule is N#Cc1c(CC(=O)/C=C/c2cccnc2)sc2c1CCC(COC(=O)CC1CC1)C2. The highest BCUT2D eigenvalue weighted by molar-refractivity contribution is 7.12. The first kappa shape index (κ1) is 20.5. The number of nitrogens with zero attached hydrogens (tertiary/aromatic N) is 2. The molecule has 2 aromatic rings. The van der Waals surface area contributed by atoms with E-state index in [4.69, 9.17) is 4.74 Å². The van der Waals surface area contributed by atoms with E-state index in [1.165, 1.54) is 4.88 Å². The van der Waals surface area contributed by atoms with Crippen molar-refractivity contribution in [2.75, 3.05) is 6.61 Å². The highest BCUT2D eigenvalue weighted by atomic mass is 32.1. The van der Waals surface area contributed by atoms with Crippen LogP contribution in [0.15, 0.2) is 30.6 Å². The summed E-state index contributed by atoms with van der Waals surface area (Å²) in [6.45, 7) is 0.451. The average Bonchev–Trinajstić information content (AvgIpc) is 3.50. The summed E-state index contributed by atoms with van der Waals surface area (Å²) in [5, 5.41) is 9.67. The molecule has 0 spiro atoms. The molecule has 0 N–H and O–H groups in total. The zero-order chi connectivity index (χ0) is 20.9. The Bertz CT molecular complexity index is 999. The topological polar surface area (TPSA) is 80.1 Å². The number of nitriles is 1. The summed E-state index contributed by atoms with van der Waals surface area (Å²) in [6.07, 6.45) is 12.3. The Balaban J connectivity index is 1.37. The molecule has 0 saturated heterocycles. The molecule has 0 amide bonds. The van der Waals surface area contributed by atoms with Gasteiger partial charge in [-0.3, -0.25) is 14.6 Å². The molecule has 5 nitrogen and oxygen atoms in total. The first-order chi connectivity index (χ1) is 14.6. The van der Waals surface area contributed by atoms with Gasteiger partial charge in [-0.05, 0) is 73.3 Å². The maximum Gasteiger partial charge on any atom is 0.306 e. The van der Waals surface area contributed by atoms with Gasteiger partial charge in [0.25, 0.3) is 0 Å². The van der Waals surface area contributed by atoms with Gasteiger partial charge in [-0.1, -0.05) is 6.07 Å². The van der Waals surface area contributed by atoms with Gasteiger partial charge in [-0.15, -0.1) is 11.3 Å². The largest absolute Gasteiger partial charge is 0.465 e. The molecule has 0 aromatic carbocycles. The van der Waals surface area contributed by atoms with Crippen LogP contribution in [0.3, 0.4) is 0 Å². The molecular weight excluding hydrogens is 396 g/mol. The fourth-order valence-electron chi connectivity index (χ4n) is 3.82. The number of hydrogen-bond donors (Lipinski definition) is 0. The van der Waals surface area contributed by atoms with Gasteiger partial charge in [0.05, 0.1) is 12.2 Å². The number of pyridine rings is 1. The van der Waals surface area contributed by atoms with Gasteiger partial charge in [0.15, 0.2) is 5.78 Å². The highest BCUT2D eigenvalue weighted by Gasteiger charge is 2.28. The summed E-state index contributed by atoms with van der Waals surface area (Å²) >= 11 is 1.57. The molecule has 2 heterocycles. The van der Waals surface area contributed by atoms with E-state index in [-0.39, 0.29) is 18.2 Å². The Hall–Kier alpha value is -2.78. The summed E-state index contributed by atoms with van der Waals surface area (Å²) in [5.41, 5.74) is 2.63. The number of rotatable bonds is 8. The van der Waals surface area contributed by atoms with Crippen LogP contribution in [-0.4, -0.2) is 23.3 Å². The predicted octanol–water partition coefficient (Wildman–Crippen LogP) is 4.29. The van der Waals surface area contributed by atoms with Gasteiger partial charge in [0.2, 0.25) is 0 Å². The van der Waals surface area contributed by atoms with Gasteiger partial charge in [0, 0.05) is 35.0 Å². The number of hydrogen-bond acceptors (Lipinski definition) is 6. The first-order valence-corrected chi connectivity index (χ1v) is 11.2. The number of carbonyl (C=O) groups is 2. The molecule has 154 valence electrons. The normalized spacial score (nSPS) is 18.0. The summed E-state index contributed by atoms with van der Waals surface area (Å²) in [5.74, 6) is 0.719. The van der Waals surface area contributed by atoms with Crippen molar-refractivity contribution in [3.63, 3.8) is 0 Å².